The Morgan fingerprint density at radius 2 is 2.19 bits per heavy atom. The summed E-state index contributed by atoms with van der Waals surface area (Å²) in [5, 5.41) is 7.67. The normalized spacial score (nSPS) is 11.0. The predicted octanol–water partition coefficient (Wildman–Crippen LogP) is 2.32. The second-order valence-corrected chi connectivity index (χ2v) is 5.05. The maximum atomic E-state index is 12.5. The summed E-state index contributed by atoms with van der Waals surface area (Å²) in [6, 6.07) is 9.06. The smallest absolute Gasteiger partial charge is 0.275 e. The molecule has 0 saturated heterocycles. The summed E-state index contributed by atoms with van der Waals surface area (Å²) in [7, 11) is 1.72. The Kier molecular flexibility index (Phi) is 3.13. The molecule has 0 aliphatic carbocycles. The number of anilines is 1. The van der Waals surface area contributed by atoms with Gasteiger partial charge in [-0.3, -0.25) is 9.89 Å². The first-order valence-corrected chi connectivity index (χ1v) is 6.59. The largest absolute Gasteiger partial charge is 0.464 e. The van der Waals surface area contributed by atoms with Crippen molar-refractivity contribution in [2.24, 2.45) is 0 Å². The van der Waals surface area contributed by atoms with Crippen molar-refractivity contribution in [1.82, 2.24) is 15.1 Å². The number of benzene rings is 1. The summed E-state index contributed by atoms with van der Waals surface area (Å²) < 4.78 is 5.49. The van der Waals surface area contributed by atoms with Crippen LogP contribution in [0.4, 0.5) is 5.69 Å². The Bertz CT molecular complexity index is 803. The second-order valence-electron chi connectivity index (χ2n) is 5.05. The number of nitrogens with one attached hydrogen (secondary N) is 1. The fraction of sp³-hybridized carbons (Fsp3) is 0.200. The van der Waals surface area contributed by atoms with Gasteiger partial charge in [0.15, 0.2) is 5.69 Å². The Hall–Kier alpha value is -2.76. The lowest BCUT2D eigenvalue weighted by Gasteiger charge is -2.14. The molecule has 3 aromatic rings. The van der Waals surface area contributed by atoms with E-state index in [1.165, 1.54) is 0 Å². The highest BCUT2D eigenvalue weighted by molar-refractivity contribution is 6.05. The summed E-state index contributed by atoms with van der Waals surface area (Å²) >= 11 is 0. The first kappa shape index (κ1) is 13.2. The molecule has 6 nitrogen and oxygen atoms in total. The molecule has 108 valence electrons. The van der Waals surface area contributed by atoms with Crippen molar-refractivity contribution < 1.29 is 9.21 Å². The molecular weight excluding hydrogens is 268 g/mol. The molecule has 0 atom stereocenters. The SMILES string of the molecule is Cc1ccc(CN(C)C(=O)c2n[nH]c3ccc(N)cc23)o1. The molecule has 0 saturated carbocycles. The highest BCUT2D eigenvalue weighted by atomic mass is 16.3. The van der Waals surface area contributed by atoms with E-state index >= 15 is 0 Å². The molecule has 2 aromatic heterocycles. The summed E-state index contributed by atoms with van der Waals surface area (Å²) in [5.41, 5.74) is 7.52. The number of H-pyrrole nitrogens is 1. The van der Waals surface area contributed by atoms with Crippen molar-refractivity contribution in [3.63, 3.8) is 0 Å². The highest BCUT2D eigenvalue weighted by Crippen LogP contribution is 2.20. The molecule has 0 radical (unpaired) electrons. The highest BCUT2D eigenvalue weighted by Gasteiger charge is 2.19. The van der Waals surface area contributed by atoms with Crippen LogP contribution in [0.2, 0.25) is 0 Å². The number of amides is 1. The van der Waals surface area contributed by atoms with Gasteiger partial charge in [0.1, 0.15) is 11.5 Å². The topological polar surface area (TPSA) is 88.2 Å². The van der Waals surface area contributed by atoms with Gasteiger partial charge < -0.3 is 15.1 Å². The fourth-order valence-corrected chi connectivity index (χ4v) is 2.25. The van der Waals surface area contributed by atoms with Crippen LogP contribution in [0.1, 0.15) is 22.0 Å². The van der Waals surface area contributed by atoms with E-state index in [4.69, 9.17) is 10.2 Å². The van der Waals surface area contributed by atoms with E-state index < -0.39 is 0 Å². The number of hydrogen-bond donors (Lipinski definition) is 2. The number of nitrogen functional groups attached to an aromatic ring is 1. The van der Waals surface area contributed by atoms with Gasteiger partial charge in [0, 0.05) is 18.1 Å². The third kappa shape index (κ3) is 2.47. The molecule has 1 aromatic carbocycles. The van der Waals surface area contributed by atoms with Crippen molar-refractivity contribution in [1.29, 1.82) is 0 Å². The lowest BCUT2D eigenvalue weighted by Crippen LogP contribution is -2.26. The van der Waals surface area contributed by atoms with E-state index in [2.05, 4.69) is 10.2 Å². The van der Waals surface area contributed by atoms with Crippen LogP contribution in [-0.4, -0.2) is 28.1 Å². The molecule has 6 heteroatoms. The van der Waals surface area contributed by atoms with Gasteiger partial charge in [-0.1, -0.05) is 0 Å². The number of furan rings is 1. The molecule has 2 heterocycles. The van der Waals surface area contributed by atoms with E-state index in [0.29, 0.717) is 17.9 Å². The molecule has 0 bridgehead atoms. The minimum absolute atomic E-state index is 0.180. The minimum atomic E-state index is -0.180. The van der Waals surface area contributed by atoms with Gasteiger partial charge in [-0.05, 0) is 37.3 Å². The number of hydrogen-bond acceptors (Lipinski definition) is 4. The van der Waals surface area contributed by atoms with Gasteiger partial charge in [0.05, 0.1) is 12.1 Å². The molecule has 21 heavy (non-hydrogen) atoms. The van der Waals surface area contributed by atoms with Gasteiger partial charge in [-0.25, -0.2) is 0 Å². The Balaban J connectivity index is 1.87. The first-order valence-electron chi connectivity index (χ1n) is 6.59. The maximum absolute atomic E-state index is 12.5. The van der Waals surface area contributed by atoms with E-state index in [9.17, 15) is 4.79 Å². The summed E-state index contributed by atoms with van der Waals surface area (Å²) in [6.45, 7) is 2.26. The van der Waals surface area contributed by atoms with Gasteiger partial charge >= 0.3 is 0 Å². The van der Waals surface area contributed by atoms with Crippen molar-refractivity contribution in [2.45, 2.75) is 13.5 Å². The van der Waals surface area contributed by atoms with Crippen LogP contribution in [0, 0.1) is 6.92 Å². The third-order valence-electron chi connectivity index (χ3n) is 3.33. The van der Waals surface area contributed by atoms with Gasteiger partial charge in [-0.15, -0.1) is 0 Å². The Morgan fingerprint density at radius 3 is 2.90 bits per heavy atom. The molecule has 3 N–H and O–H groups in total. The van der Waals surface area contributed by atoms with Crippen molar-refractivity contribution in [3.8, 4) is 0 Å². The van der Waals surface area contributed by atoms with Crippen LogP contribution < -0.4 is 5.73 Å². The van der Waals surface area contributed by atoms with Crippen molar-refractivity contribution >= 4 is 22.5 Å². The van der Waals surface area contributed by atoms with Crippen LogP contribution in [-0.2, 0) is 6.54 Å². The zero-order valence-electron chi connectivity index (χ0n) is 11.9. The van der Waals surface area contributed by atoms with Crippen molar-refractivity contribution in [2.75, 3.05) is 12.8 Å². The van der Waals surface area contributed by atoms with Crippen LogP contribution in [0.15, 0.2) is 34.7 Å². The quantitative estimate of drug-likeness (QED) is 0.722. The predicted molar refractivity (Wildman–Crippen MR) is 79.7 cm³/mol. The fourth-order valence-electron chi connectivity index (χ4n) is 2.25. The number of aryl methyl sites for hydroxylation is 1. The summed E-state index contributed by atoms with van der Waals surface area (Å²) in [6.07, 6.45) is 0. The Morgan fingerprint density at radius 1 is 1.38 bits per heavy atom. The monoisotopic (exact) mass is 284 g/mol. The molecule has 0 aliphatic rings. The number of carbonyl (C=O) groups is 1. The zero-order valence-corrected chi connectivity index (χ0v) is 11.9. The number of fused-ring (bicyclic) bond motifs is 1. The van der Waals surface area contributed by atoms with E-state index in [1.54, 1.807) is 24.1 Å². The number of carbonyl (C=O) groups excluding carboxylic acids is 1. The zero-order chi connectivity index (χ0) is 15.0. The van der Waals surface area contributed by atoms with E-state index in [1.807, 2.05) is 25.1 Å². The number of aromatic nitrogens is 2. The molecule has 3 rings (SSSR count). The van der Waals surface area contributed by atoms with Crippen LogP contribution in [0.5, 0.6) is 0 Å². The lowest BCUT2D eigenvalue weighted by molar-refractivity contribution is 0.0771. The lowest BCUT2D eigenvalue weighted by atomic mass is 10.2. The minimum Gasteiger partial charge on any atom is -0.464 e. The van der Waals surface area contributed by atoms with E-state index in [-0.39, 0.29) is 5.91 Å². The van der Waals surface area contributed by atoms with Gasteiger partial charge in [0.25, 0.3) is 5.91 Å². The average Bonchev–Trinajstić information content (AvgIpc) is 3.04. The summed E-state index contributed by atoms with van der Waals surface area (Å²) in [5.74, 6) is 1.38. The van der Waals surface area contributed by atoms with Crippen molar-refractivity contribution in [3.05, 3.63) is 47.5 Å². The molecule has 0 spiro atoms. The van der Waals surface area contributed by atoms with Crippen LogP contribution in [0.25, 0.3) is 10.9 Å². The number of aromatic amines is 1. The number of rotatable bonds is 3. The third-order valence-corrected chi connectivity index (χ3v) is 3.33. The number of nitrogens with two attached hydrogens (primary N) is 1. The number of nitrogens with zero attached hydrogens (tertiary/aromatic N) is 2. The molecule has 0 unspecified atom stereocenters. The van der Waals surface area contributed by atoms with E-state index in [0.717, 1.165) is 22.4 Å². The standard InChI is InChI=1S/C15H16N4O2/c1-9-3-5-11(21-9)8-19(2)15(20)14-12-7-10(16)4-6-13(12)17-18-14/h3-7H,8,16H2,1-2H3,(H,17,18). The molecular formula is C15H16N4O2. The average molecular weight is 284 g/mol. The molecule has 0 fully saturated rings. The maximum Gasteiger partial charge on any atom is 0.275 e. The van der Waals surface area contributed by atoms with Crippen LogP contribution in [0.3, 0.4) is 0 Å². The van der Waals surface area contributed by atoms with Gasteiger partial charge in [0.2, 0.25) is 0 Å². The second kappa shape index (κ2) is 4.97. The first-order chi connectivity index (χ1) is 10.0. The Labute approximate surface area is 121 Å². The van der Waals surface area contributed by atoms with Gasteiger partial charge in [-0.2, -0.15) is 5.10 Å². The summed E-state index contributed by atoms with van der Waals surface area (Å²) in [4.78, 5) is 14.1. The molecule has 0 aliphatic heterocycles. The molecule has 1 amide bonds. The van der Waals surface area contributed by atoms with Crippen LogP contribution >= 0.6 is 0 Å².